The molecular weight excluding hydrogens is 464 g/mol. The lowest BCUT2D eigenvalue weighted by molar-refractivity contribution is 1.10. The molecule has 0 N–H and O–H groups in total. The van der Waals surface area contributed by atoms with E-state index in [9.17, 15) is 0 Å². The lowest BCUT2D eigenvalue weighted by atomic mass is 10.1. The van der Waals surface area contributed by atoms with Gasteiger partial charge in [-0.1, -0.05) is 66.7 Å². The van der Waals surface area contributed by atoms with Crippen LogP contribution in [-0.4, -0.2) is 22.8 Å². The van der Waals surface area contributed by atoms with Gasteiger partial charge in [0.1, 0.15) is 5.82 Å². The zero-order valence-corrected chi connectivity index (χ0v) is 21.5. The van der Waals surface area contributed by atoms with Gasteiger partial charge in [-0.3, -0.25) is 9.56 Å². The van der Waals surface area contributed by atoms with Crippen molar-refractivity contribution >= 4 is 34.3 Å². The van der Waals surface area contributed by atoms with E-state index < -0.39 is 0 Å². The maximum absolute atomic E-state index is 5.04. The zero-order chi connectivity index (χ0) is 25.9. The number of aryl methyl sites for hydroxylation is 1. The number of hydrogen-bond donors (Lipinski definition) is 0. The summed E-state index contributed by atoms with van der Waals surface area (Å²) in [7, 11) is 2.07. The highest BCUT2D eigenvalue weighted by atomic mass is 15.1. The first kappa shape index (κ1) is 23.4. The van der Waals surface area contributed by atoms with Gasteiger partial charge in [0, 0.05) is 30.2 Å². The van der Waals surface area contributed by atoms with E-state index in [-0.39, 0.29) is 0 Å². The average Bonchev–Trinajstić information content (AvgIpc) is 3.36. The molecule has 0 radical (unpaired) electrons. The number of fused-ring (bicyclic) bond motifs is 1. The fourth-order valence-electron chi connectivity index (χ4n) is 4.87. The summed E-state index contributed by atoms with van der Waals surface area (Å²) in [4.78, 5) is 12.1. The Morgan fingerprint density at radius 1 is 0.737 bits per heavy atom. The fraction of sp³-hybridized carbons (Fsp3) is 0.0588. The molecule has 4 nitrogen and oxygen atoms in total. The Morgan fingerprint density at radius 3 is 2.24 bits per heavy atom. The largest absolute Gasteiger partial charge is 0.343 e. The number of aliphatic imine (C=N–C) groups is 1. The van der Waals surface area contributed by atoms with E-state index in [4.69, 9.17) is 9.98 Å². The van der Waals surface area contributed by atoms with Crippen molar-refractivity contribution in [2.75, 3.05) is 11.9 Å². The molecule has 1 heterocycles. The Morgan fingerprint density at radius 2 is 1.42 bits per heavy atom. The Balaban J connectivity index is 1.41. The van der Waals surface area contributed by atoms with Crippen LogP contribution in [0.3, 0.4) is 0 Å². The molecule has 0 saturated carbocycles. The predicted molar refractivity (Wildman–Crippen MR) is 159 cm³/mol. The fourth-order valence-corrected chi connectivity index (χ4v) is 4.87. The van der Waals surface area contributed by atoms with Crippen LogP contribution in [-0.2, 0) is 0 Å². The van der Waals surface area contributed by atoms with Gasteiger partial charge in [-0.15, -0.1) is 0 Å². The predicted octanol–water partition coefficient (Wildman–Crippen LogP) is 8.52. The summed E-state index contributed by atoms with van der Waals surface area (Å²) < 4.78 is 2.23. The van der Waals surface area contributed by atoms with Crippen LogP contribution in [0, 0.1) is 6.92 Å². The zero-order valence-electron chi connectivity index (χ0n) is 21.5. The van der Waals surface area contributed by atoms with Crippen LogP contribution in [0.5, 0.6) is 0 Å². The van der Waals surface area contributed by atoms with Crippen molar-refractivity contribution in [1.82, 2.24) is 9.55 Å². The molecule has 6 aromatic rings. The van der Waals surface area contributed by atoms with Gasteiger partial charge in [-0.2, -0.15) is 0 Å². The highest BCUT2D eigenvalue weighted by molar-refractivity contribution is 5.88. The molecule has 0 aliphatic heterocycles. The minimum atomic E-state index is 0.915. The van der Waals surface area contributed by atoms with Crippen LogP contribution in [0.25, 0.3) is 28.1 Å². The number of aromatic nitrogens is 2. The molecule has 6 rings (SSSR count). The van der Waals surface area contributed by atoms with Crippen molar-refractivity contribution in [2.45, 2.75) is 6.92 Å². The highest BCUT2D eigenvalue weighted by Gasteiger charge is 2.15. The molecule has 0 saturated heterocycles. The van der Waals surface area contributed by atoms with E-state index >= 15 is 0 Å². The third-order valence-electron chi connectivity index (χ3n) is 6.67. The summed E-state index contributed by atoms with van der Waals surface area (Å²) >= 11 is 0. The molecule has 0 spiro atoms. The number of nitrogens with zero attached hydrogens (tertiary/aromatic N) is 4. The summed E-state index contributed by atoms with van der Waals surface area (Å²) in [6, 6.07) is 43.8. The third kappa shape index (κ3) is 4.60. The van der Waals surface area contributed by atoms with E-state index in [0.717, 1.165) is 56.3 Å². The van der Waals surface area contributed by atoms with E-state index in [0.29, 0.717) is 0 Å². The Labute approximate surface area is 223 Å². The maximum Gasteiger partial charge on any atom is 0.145 e. The van der Waals surface area contributed by atoms with Crippen molar-refractivity contribution in [3.05, 3.63) is 139 Å². The first-order valence-corrected chi connectivity index (χ1v) is 12.7. The molecule has 38 heavy (non-hydrogen) atoms. The molecule has 0 aliphatic rings. The minimum absolute atomic E-state index is 0.915. The Kier molecular flexibility index (Phi) is 6.29. The Hall–Kier alpha value is -4.96. The number of anilines is 2. The monoisotopic (exact) mass is 492 g/mol. The van der Waals surface area contributed by atoms with Gasteiger partial charge in [-0.25, -0.2) is 4.98 Å². The van der Waals surface area contributed by atoms with Gasteiger partial charge in [0.15, 0.2) is 0 Å². The van der Waals surface area contributed by atoms with Crippen LogP contribution in [0.4, 0.5) is 17.1 Å². The number of hydrogen-bond acceptors (Lipinski definition) is 3. The SMILES string of the molecule is Cc1cc(C=Nc2ccccc2N(C)c2ccccc2)cc(-c2nc3ccccc3n2-c2ccccc2)c1. The van der Waals surface area contributed by atoms with Crippen molar-refractivity contribution in [3.8, 4) is 17.1 Å². The van der Waals surface area contributed by atoms with Crippen LogP contribution >= 0.6 is 0 Å². The summed E-state index contributed by atoms with van der Waals surface area (Å²) in [6.07, 6.45) is 1.95. The normalized spacial score (nSPS) is 11.3. The molecular formula is C34H28N4. The van der Waals surface area contributed by atoms with E-state index in [1.54, 1.807) is 0 Å². The molecule has 5 aromatic carbocycles. The number of imidazole rings is 1. The van der Waals surface area contributed by atoms with Crippen LogP contribution in [0.15, 0.2) is 132 Å². The second-order valence-electron chi connectivity index (χ2n) is 9.37. The van der Waals surface area contributed by atoms with E-state index in [1.165, 1.54) is 0 Å². The topological polar surface area (TPSA) is 33.4 Å². The number of rotatable bonds is 6. The number of para-hydroxylation sites is 6. The quantitative estimate of drug-likeness (QED) is 0.218. The molecule has 4 heteroatoms. The second-order valence-corrected chi connectivity index (χ2v) is 9.37. The minimum Gasteiger partial charge on any atom is -0.343 e. The standard InChI is InChI=1S/C34H28N4/c1-25-21-26(24-35-30-17-9-11-19-32(30)37(2)28-13-5-3-6-14-28)23-27(22-25)34-36-31-18-10-12-20-33(31)38(34)29-15-7-4-8-16-29/h3-24H,1-2H3. The van der Waals surface area contributed by atoms with Gasteiger partial charge < -0.3 is 4.90 Å². The van der Waals surface area contributed by atoms with Crippen LogP contribution in [0.2, 0.25) is 0 Å². The summed E-state index contributed by atoms with van der Waals surface area (Å²) in [6.45, 7) is 2.12. The first-order valence-electron chi connectivity index (χ1n) is 12.7. The third-order valence-corrected chi connectivity index (χ3v) is 6.67. The molecule has 1 aromatic heterocycles. The summed E-state index contributed by atoms with van der Waals surface area (Å²) in [5.74, 6) is 0.917. The Bertz CT molecular complexity index is 1730. The first-order chi connectivity index (χ1) is 18.7. The van der Waals surface area contributed by atoms with Crippen molar-refractivity contribution in [2.24, 2.45) is 4.99 Å². The lowest BCUT2D eigenvalue weighted by Gasteiger charge is -2.21. The smallest absolute Gasteiger partial charge is 0.145 e. The van der Waals surface area contributed by atoms with E-state index in [1.807, 2.05) is 36.5 Å². The summed E-state index contributed by atoms with van der Waals surface area (Å²) in [5.41, 5.74) is 9.48. The molecule has 184 valence electrons. The van der Waals surface area contributed by atoms with Gasteiger partial charge in [0.05, 0.1) is 22.4 Å². The van der Waals surface area contributed by atoms with Crippen molar-refractivity contribution < 1.29 is 0 Å². The molecule has 0 fully saturated rings. The van der Waals surface area contributed by atoms with Crippen molar-refractivity contribution in [3.63, 3.8) is 0 Å². The molecule has 0 aliphatic carbocycles. The molecule has 0 unspecified atom stereocenters. The van der Waals surface area contributed by atoms with E-state index in [2.05, 4.69) is 121 Å². The average molecular weight is 493 g/mol. The van der Waals surface area contributed by atoms with Gasteiger partial charge in [0.25, 0.3) is 0 Å². The maximum atomic E-state index is 5.04. The molecule has 0 atom stereocenters. The van der Waals surface area contributed by atoms with Gasteiger partial charge in [-0.05, 0) is 78.7 Å². The lowest BCUT2D eigenvalue weighted by Crippen LogP contribution is -2.09. The molecule has 0 bridgehead atoms. The molecule has 0 amide bonds. The number of benzene rings is 5. The highest BCUT2D eigenvalue weighted by Crippen LogP contribution is 2.33. The second kappa shape index (κ2) is 10.2. The summed E-state index contributed by atoms with van der Waals surface area (Å²) in [5, 5.41) is 0. The van der Waals surface area contributed by atoms with Gasteiger partial charge >= 0.3 is 0 Å². The van der Waals surface area contributed by atoms with Crippen molar-refractivity contribution in [1.29, 1.82) is 0 Å². The van der Waals surface area contributed by atoms with Crippen LogP contribution < -0.4 is 4.90 Å². The van der Waals surface area contributed by atoms with Gasteiger partial charge in [0.2, 0.25) is 0 Å². The van der Waals surface area contributed by atoms with Crippen LogP contribution in [0.1, 0.15) is 11.1 Å².